The number of rotatable bonds is 10. The maximum absolute atomic E-state index is 12.6. The molecule has 148 valence electrons. The van der Waals surface area contributed by atoms with E-state index >= 15 is 0 Å². The van der Waals surface area contributed by atoms with E-state index in [9.17, 15) is 4.79 Å². The Kier molecular flexibility index (Phi) is 8.48. The Morgan fingerprint density at radius 3 is 2.56 bits per heavy atom. The Bertz CT molecular complexity index is 668. The SMILES string of the molecule is CCCCOCc1ccc(CNC(=O)C2C(N)=NC(COC)=C[C@H]2C)cc1. The standard InChI is InChI=1S/C21H31N3O3/c1-4-5-10-27-13-17-8-6-16(7-9-17)12-23-21(25)19-15(2)11-18(14-26-3)24-20(19)22/h6-9,11,15,19H,4-5,10,12-14H2,1-3H3,(H2,22,24)(H,23,25)/t15-,19?/m1/s1. The van der Waals surface area contributed by atoms with Crippen LogP contribution in [-0.2, 0) is 27.4 Å². The van der Waals surface area contributed by atoms with Gasteiger partial charge in [0.25, 0.3) is 0 Å². The Labute approximate surface area is 161 Å². The molecule has 0 fully saturated rings. The third-order valence-corrected chi connectivity index (χ3v) is 4.55. The molecule has 0 spiro atoms. The van der Waals surface area contributed by atoms with Crippen LogP contribution in [0.5, 0.6) is 0 Å². The van der Waals surface area contributed by atoms with Crippen molar-refractivity contribution in [3.8, 4) is 0 Å². The maximum atomic E-state index is 12.6. The number of amidine groups is 1. The summed E-state index contributed by atoms with van der Waals surface area (Å²) in [5, 5.41) is 2.96. The highest BCUT2D eigenvalue weighted by Gasteiger charge is 2.30. The van der Waals surface area contributed by atoms with Crippen LogP contribution in [0.4, 0.5) is 0 Å². The van der Waals surface area contributed by atoms with Gasteiger partial charge in [-0.25, -0.2) is 4.99 Å². The fraction of sp³-hybridized carbons (Fsp3) is 0.524. The molecule has 6 heteroatoms. The number of benzene rings is 1. The first kappa shape index (κ1) is 21.1. The number of ether oxygens (including phenoxy) is 2. The molecule has 1 aliphatic rings. The van der Waals surface area contributed by atoms with E-state index in [0.29, 0.717) is 25.6 Å². The van der Waals surface area contributed by atoms with Gasteiger partial charge in [0.2, 0.25) is 5.91 Å². The van der Waals surface area contributed by atoms with Gasteiger partial charge in [-0.1, -0.05) is 50.6 Å². The summed E-state index contributed by atoms with van der Waals surface area (Å²) >= 11 is 0. The maximum Gasteiger partial charge on any atom is 0.231 e. The molecule has 0 aliphatic carbocycles. The van der Waals surface area contributed by atoms with E-state index < -0.39 is 5.92 Å². The van der Waals surface area contributed by atoms with E-state index in [4.69, 9.17) is 15.2 Å². The first-order chi connectivity index (χ1) is 13.0. The Hall–Kier alpha value is -2.18. The smallest absolute Gasteiger partial charge is 0.231 e. The number of carbonyl (C=O) groups is 1. The Morgan fingerprint density at radius 2 is 1.93 bits per heavy atom. The van der Waals surface area contributed by atoms with Crippen LogP contribution in [0.3, 0.4) is 0 Å². The van der Waals surface area contributed by atoms with Crippen molar-refractivity contribution in [1.29, 1.82) is 0 Å². The number of unbranched alkanes of at least 4 members (excludes halogenated alkanes) is 1. The highest BCUT2D eigenvalue weighted by Crippen LogP contribution is 2.22. The summed E-state index contributed by atoms with van der Waals surface area (Å²) in [5.41, 5.74) is 8.96. The fourth-order valence-electron chi connectivity index (χ4n) is 3.03. The summed E-state index contributed by atoms with van der Waals surface area (Å²) in [7, 11) is 1.61. The van der Waals surface area contributed by atoms with Gasteiger partial charge in [0.15, 0.2) is 0 Å². The molecule has 2 rings (SSSR count). The van der Waals surface area contributed by atoms with Crippen LogP contribution in [0.1, 0.15) is 37.8 Å². The van der Waals surface area contributed by atoms with Crippen molar-refractivity contribution in [3.05, 3.63) is 47.2 Å². The molecular weight excluding hydrogens is 342 g/mol. The Morgan fingerprint density at radius 1 is 1.22 bits per heavy atom. The van der Waals surface area contributed by atoms with Gasteiger partial charge in [0.1, 0.15) is 11.8 Å². The van der Waals surface area contributed by atoms with Crippen molar-refractivity contribution in [2.75, 3.05) is 20.3 Å². The molecule has 1 aromatic rings. The Balaban J connectivity index is 1.84. The van der Waals surface area contributed by atoms with Crippen LogP contribution in [0, 0.1) is 11.8 Å². The van der Waals surface area contributed by atoms with Gasteiger partial charge in [0.05, 0.1) is 18.9 Å². The zero-order valence-corrected chi connectivity index (χ0v) is 16.5. The number of allylic oxidation sites excluding steroid dienone is 1. The lowest BCUT2D eigenvalue weighted by Crippen LogP contribution is -2.43. The summed E-state index contributed by atoms with van der Waals surface area (Å²) in [6, 6.07) is 8.09. The molecule has 2 atom stereocenters. The first-order valence-corrected chi connectivity index (χ1v) is 9.52. The van der Waals surface area contributed by atoms with Crippen LogP contribution in [-0.4, -0.2) is 32.1 Å². The van der Waals surface area contributed by atoms with Gasteiger partial charge < -0.3 is 20.5 Å². The zero-order chi connectivity index (χ0) is 19.6. The second kappa shape index (κ2) is 10.8. The number of amides is 1. The predicted octanol–water partition coefficient (Wildman–Crippen LogP) is 2.77. The molecule has 0 radical (unpaired) electrons. The van der Waals surface area contributed by atoms with E-state index in [1.807, 2.05) is 37.3 Å². The minimum Gasteiger partial charge on any atom is -0.386 e. The number of carbonyl (C=O) groups excluding carboxylic acids is 1. The lowest BCUT2D eigenvalue weighted by molar-refractivity contribution is -0.124. The van der Waals surface area contributed by atoms with Gasteiger partial charge in [-0.3, -0.25) is 4.79 Å². The van der Waals surface area contributed by atoms with Crippen LogP contribution >= 0.6 is 0 Å². The fourth-order valence-corrected chi connectivity index (χ4v) is 3.03. The number of hydrogen-bond acceptors (Lipinski definition) is 5. The monoisotopic (exact) mass is 373 g/mol. The van der Waals surface area contributed by atoms with E-state index in [1.165, 1.54) is 0 Å². The third kappa shape index (κ3) is 6.48. The summed E-state index contributed by atoms with van der Waals surface area (Å²) < 4.78 is 10.7. The second-order valence-electron chi connectivity index (χ2n) is 6.90. The number of hydrogen-bond donors (Lipinski definition) is 2. The third-order valence-electron chi connectivity index (χ3n) is 4.55. The van der Waals surface area contributed by atoms with Gasteiger partial charge in [-0.05, 0) is 23.5 Å². The van der Waals surface area contributed by atoms with Crippen molar-refractivity contribution in [2.45, 2.75) is 39.8 Å². The highest BCUT2D eigenvalue weighted by atomic mass is 16.5. The molecule has 1 heterocycles. The molecule has 0 saturated carbocycles. The molecule has 1 amide bonds. The van der Waals surface area contributed by atoms with Crippen molar-refractivity contribution in [1.82, 2.24) is 5.32 Å². The normalized spacial score (nSPS) is 19.4. The number of nitrogens with one attached hydrogen (secondary N) is 1. The largest absolute Gasteiger partial charge is 0.386 e. The molecule has 0 aromatic heterocycles. The second-order valence-corrected chi connectivity index (χ2v) is 6.90. The molecule has 1 aliphatic heterocycles. The molecule has 0 saturated heterocycles. The summed E-state index contributed by atoms with van der Waals surface area (Å²) in [5.74, 6) is -0.232. The minimum absolute atomic E-state index is 0.0182. The molecule has 1 unspecified atom stereocenters. The molecule has 1 aromatic carbocycles. The van der Waals surface area contributed by atoms with E-state index in [1.54, 1.807) is 7.11 Å². The average molecular weight is 373 g/mol. The van der Waals surface area contributed by atoms with Crippen LogP contribution < -0.4 is 11.1 Å². The number of nitrogens with two attached hydrogens (primary N) is 1. The van der Waals surface area contributed by atoms with Gasteiger partial charge >= 0.3 is 0 Å². The van der Waals surface area contributed by atoms with Crippen molar-refractivity contribution >= 4 is 11.7 Å². The van der Waals surface area contributed by atoms with Crippen LogP contribution in [0.25, 0.3) is 0 Å². The topological polar surface area (TPSA) is 85.9 Å². The lowest BCUT2D eigenvalue weighted by Gasteiger charge is -2.25. The average Bonchev–Trinajstić information content (AvgIpc) is 2.64. The van der Waals surface area contributed by atoms with Crippen LogP contribution in [0.2, 0.25) is 0 Å². The number of methoxy groups -OCH3 is 1. The first-order valence-electron chi connectivity index (χ1n) is 9.52. The van der Waals surface area contributed by atoms with E-state index in [2.05, 4.69) is 17.2 Å². The van der Waals surface area contributed by atoms with E-state index in [0.717, 1.165) is 36.3 Å². The quantitative estimate of drug-likeness (QED) is 0.618. The predicted molar refractivity (Wildman–Crippen MR) is 107 cm³/mol. The number of aliphatic imine (C=N–C) groups is 1. The minimum atomic E-state index is -0.447. The highest BCUT2D eigenvalue weighted by molar-refractivity contribution is 6.03. The molecule has 27 heavy (non-hydrogen) atoms. The number of nitrogens with zero attached hydrogens (tertiary/aromatic N) is 1. The van der Waals surface area contributed by atoms with Crippen LogP contribution in [0.15, 0.2) is 41.0 Å². The zero-order valence-electron chi connectivity index (χ0n) is 16.5. The molecular formula is C21H31N3O3. The van der Waals surface area contributed by atoms with Gasteiger partial charge in [-0.2, -0.15) is 0 Å². The van der Waals surface area contributed by atoms with Gasteiger partial charge in [0, 0.05) is 20.3 Å². The van der Waals surface area contributed by atoms with Gasteiger partial charge in [-0.15, -0.1) is 0 Å². The van der Waals surface area contributed by atoms with Crippen molar-refractivity contribution in [2.24, 2.45) is 22.6 Å². The molecule has 3 N–H and O–H groups in total. The molecule has 0 bridgehead atoms. The van der Waals surface area contributed by atoms with Crippen molar-refractivity contribution in [3.63, 3.8) is 0 Å². The lowest BCUT2D eigenvalue weighted by atomic mass is 9.89. The van der Waals surface area contributed by atoms with Crippen molar-refractivity contribution < 1.29 is 14.3 Å². The summed E-state index contributed by atoms with van der Waals surface area (Å²) in [4.78, 5) is 16.9. The van der Waals surface area contributed by atoms with E-state index in [-0.39, 0.29) is 11.8 Å². The molecule has 6 nitrogen and oxygen atoms in total. The summed E-state index contributed by atoms with van der Waals surface area (Å²) in [6.45, 7) is 6.38. The summed E-state index contributed by atoms with van der Waals surface area (Å²) in [6.07, 6.45) is 4.16.